The summed E-state index contributed by atoms with van der Waals surface area (Å²) >= 11 is 0. The molecule has 0 aromatic carbocycles. The maximum atomic E-state index is 9.96. The number of hydrogen-bond acceptors (Lipinski definition) is 3. The Labute approximate surface area is 55.0 Å². The number of aliphatic hydroxyl groups excluding tert-OH is 1. The van der Waals surface area contributed by atoms with E-state index in [0.717, 1.165) is 25.0 Å². The number of rotatable bonds is 5. The second-order valence-corrected chi connectivity index (χ2v) is 2.02. The first-order valence-electron chi connectivity index (χ1n) is 3.07. The molecule has 0 amide bonds. The van der Waals surface area contributed by atoms with Crippen LogP contribution in [0.25, 0.3) is 0 Å². The number of nitrogens with zero attached hydrogens (tertiary/aromatic N) is 1. The minimum Gasteiger partial charge on any atom is -0.614 e. The van der Waals surface area contributed by atoms with Gasteiger partial charge in [-0.3, -0.25) is 0 Å². The van der Waals surface area contributed by atoms with Crippen LogP contribution in [0.2, 0.25) is 0 Å². The molecule has 0 radical (unpaired) electrons. The first kappa shape index (κ1) is 8.84. The first-order valence-corrected chi connectivity index (χ1v) is 3.07. The zero-order chi connectivity index (χ0) is 7.11. The molecule has 9 heavy (non-hydrogen) atoms. The third-order valence-corrected chi connectivity index (χ3v) is 1.10. The van der Waals surface area contributed by atoms with Crippen LogP contribution < -0.4 is 5.59 Å². The van der Waals surface area contributed by atoms with Crippen LogP contribution in [0.15, 0.2) is 0 Å². The van der Waals surface area contributed by atoms with Gasteiger partial charge in [-0.15, -0.1) is 0 Å². The van der Waals surface area contributed by atoms with E-state index in [0.29, 0.717) is 0 Å². The van der Waals surface area contributed by atoms with Crippen LogP contribution >= 0.6 is 0 Å². The largest absolute Gasteiger partial charge is 0.614 e. The van der Waals surface area contributed by atoms with E-state index in [1.165, 1.54) is 0 Å². The molecular weight excluding hydrogens is 120 g/mol. The molecule has 4 heteroatoms. The number of nitrogens with two attached hydrogens (primary N) is 1. The van der Waals surface area contributed by atoms with Crippen LogP contribution in [0.4, 0.5) is 0 Å². The number of hydrogen-bond donors (Lipinski definition) is 2. The quantitative estimate of drug-likeness (QED) is 0.278. The maximum absolute atomic E-state index is 9.96. The predicted molar refractivity (Wildman–Crippen MR) is 34.2 cm³/mol. The summed E-state index contributed by atoms with van der Waals surface area (Å²) in [4.78, 5) is 0. The Morgan fingerprint density at radius 1 is 1.56 bits per heavy atom. The third kappa shape index (κ3) is 5.72. The van der Waals surface area contributed by atoms with Gasteiger partial charge in [0.15, 0.2) is 0 Å². The Morgan fingerprint density at radius 3 is 2.67 bits per heavy atom. The standard InChI is InChI=1S/C5H14N2O2/c1-7(6-9)4-2-3-5-8/h8H,2-6H2,1H3. The fraction of sp³-hybridized carbons (Fsp3) is 1.00. The van der Waals surface area contributed by atoms with Gasteiger partial charge in [-0.25, -0.2) is 0 Å². The maximum Gasteiger partial charge on any atom is 0.0475 e. The third-order valence-electron chi connectivity index (χ3n) is 1.10. The first-order chi connectivity index (χ1) is 4.31. The minimum absolute atomic E-state index is 0.215. The van der Waals surface area contributed by atoms with Crippen LogP contribution in [0.1, 0.15) is 12.8 Å². The second-order valence-electron chi connectivity index (χ2n) is 2.02. The van der Waals surface area contributed by atoms with Gasteiger partial charge >= 0.3 is 0 Å². The van der Waals surface area contributed by atoms with Crippen molar-refractivity contribution < 1.29 is 10.7 Å². The van der Waals surface area contributed by atoms with E-state index in [4.69, 9.17) is 5.11 Å². The summed E-state index contributed by atoms with van der Waals surface area (Å²) in [5.41, 5.74) is 0.789. The molecule has 0 spiro atoms. The molecule has 0 aromatic heterocycles. The molecule has 4 nitrogen and oxygen atoms in total. The van der Waals surface area contributed by atoms with E-state index in [1.54, 1.807) is 12.1 Å². The average molecular weight is 134 g/mol. The highest BCUT2D eigenvalue weighted by Gasteiger charge is 1.92. The van der Waals surface area contributed by atoms with Crippen molar-refractivity contribution in [1.29, 1.82) is 0 Å². The summed E-state index contributed by atoms with van der Waals surface area (Å²) in [5.74, 6) is 0. The molecule has 0 rings (SSSR count). The van der Waals surface area contributed by atoms with Crippen molar-refractivity contribution in [3.05, 3.63) is 5.21 Å². The van der Waals surface area contributed by atoms with Gasteiger partial charge in [0.2, 0.25) is 0 Å². The number of unbranched alkanes of at least 4 members (excludes halogenated alkanes) is 1. The summed E-state index contributed by atoms with van der Waals surface area (Å²) in [6.07, 6.45) is 1.66. The van der Waals surface area contributed by atoms with E-state index in [9.17, 15) is 5.21 Å². The van der Waals surface area contributed by atoms with Gasteiger partial charge < -0.3 is 15.9 Å². The lowest BCUT2D eigenvalue weighted by Gasteiger charge is -2.14. The summed E-state index contributed by atoms with van der Waals surface area (Å²) in [7, 11) is 1.73. The van der Waals surface area contributed by atoms with E-state index in [1.807, 2.05) is 0 Å². The van der Waals surface area contributed by atoms with Crippen LogP contribution in [0.3, 0.4) is 0 Å². The Morgan fingerprint density at radius 2 is 2.22 bits per heavy atom. The molecule has 0 aliphatic carbocycles. The molecule has 0 fully saturated rings. The molecule has 56 valence electrons. The van der Waals surface area contributed by atoms with Gasteiger partial charge in [0.05, 0.1) is 0 Å². The molecule has 0 atom stereocenters. The molecule has 0 bridgehead atoms. The predicted octanol–water partition coefficient (Wildman–Crippen LogP) is -1.33. The zero-order valence-corrected chi connectivity index (χ0v) is 5.71. The van der Waals surface area contributed by atoms with Gasteiger partial charge in [0.25, 0.3) is 0 Å². The molecule has 0 aliphatic rings. The van der Waals surface area contributed by atoms with E-state index in [-0.39, 0.29) is 6.61 Å². The smallest absolute Gasteiger partial charge is 0.0475 e. The molecule has 0 aromatic rings. The van der Waals surface area contributed by atoms with Crippen molar-refractivity contribution in [3.63, 3.8) is 0 Å². The fourth-order valence-electron chi connectivity index (χ4n) is 0.526. The Kier molecular flexibility index (Phi) is 5.86. The fourth-order valence-corrected chi connectivity index (χ4v) is 0.526. The second kappa shape index (κ2) is 5.97. The molecule has 0 saturated heterocycles. The number of aliphatic hydroxyl groups is 1. The van der Waals surface area contributed by atoms with Crippen molar-refractivity contribution >= 4 is 0 Å². The summed E-state index contributed by atoms with van der Waals surface area (Å²) in [6, 6.07) is 0. The Bertz CT molecular complexity index is 60.9. The lowest BCUT2D eigenvalue weighted by atomic mass is 10.3. The minimum atomic E-state index is 0.215. The van der Waals surface area contributed by atoms with Crippen LogP contribution in [0, 0.1) is 5.21 Å². The monoisotopic (exact) mass is 134 g/mol. The summed E-state index contributed by atoms with van der Waals surface area (Å²) in [6.45, 7) is 0.955. The topological polar surface area (TPSA) is 63.1 Å². The lowest BCUT2D eigenvalue weighted by Crippen LogP contribution is -2.87. The summed E-state index contributed by atoms with van der Waals surface area (Å²) < 4.78 is 0. The highest BCUT2D eigenvalue weighted by atomic mass is 16.5. The van der Waals surface area contributed by atoms with Gasteiger partial charge in [-0.1, -0.05) is 0 Å². The zero-order valence-electron chi connectivity index (χ0n) is 5.71. The average Bonchev–Trinajstić information content (AvgIpc) is 1.89. The highest BCUT2D eigenvalue weighted by molar-refractivity contribution is 4.38. The molecule has 0 heterocycles. The summed E-state index contributed by atoms with van der Waals surface area (Å²) in [5, 5.41) is 19.9. The van der Waals surface area contributed by atoms with E-state index in [2.05, 4.69) is 0 Å². The van der Waals surface area contributed by atoms with Crippen LogP contribution in [0.5, 0.6) is 0 Å². The normalized spacial score (nSPS) is 10.7. The van der Waals surface area contributed by atoms with Gasteiger partial charge in [0, 0.05) is 20.2 Å². The van der Waals surface area contributed by atoms with Gasteiger partial charge in [-0.05, 0) is 12.8 Å². The van der Waals surface area contributed by atoms with Crippen molar-refractivity contribution in [2.45, 2.75) is 12.8 Å². The van der Waals surface area contributed by atoms with E-state index < -0.39 is 0 Å². The molecule has 0 unspecified atom stereocenters. The van der Waals surface area contributed by atoms with Gasteiger partial charge in [-0.2, -0.15) is 5.01 Å². The van der Waals surface area contributed by atoms with E-state index >= 15 is 0 Å². The number of quaternary nitrogens is 1. The van der Waals surface area contributed by atoms with Crippen molar-refractivity contribution in [3.8, 4) is 0 Å². The lowest BCUT2D eigenvalue weighted by molar-refractivity contribution is -0.747. The van der Waals surface area contributed by atoms with Crippen molar-refractivity contribution in [2.24, 2.45) is 0 Å². The molecule has 0 saturated carbocycles. The molecule has 0 aliphatic heterocycles. The van der Waals surface area contributed by atoms with Crippen molar-refractivity contribution in [1.82, 2.24) is 5.01 Å². The molecule has 3 N–H and O–H groups in total. The molecular formula is C5H14N2O2. The van der Waals surface area contributed by atoms with Crippen LogP contribution in [-0.2, 0) is 0 Å². The van der Waals surface area contributed by atoms with Crippen molar-refractivity contribution in [2.75, 3.05) is 20.2 Å². The Balaban J connectivity index is 2.88. The van der Waals surface area contributed by atoms with Gasteiger partial charge in [0.1, 0.15) is 0 Å². The highest BCUT2D eigenvalue weighted by Crippen LogP contribution is 1.85. The van der Waals surface area contributed by atoms with Crippen LogP contribution in [-0.4, -0.2) is 30.3 Å². The SMILES string of the molecule is CN(CCCCO)[NH2+][O-]. The Hall–Kier alpha value is -0.160.